The molecule has 9 heteroatoms. The smallest absolute Gasteiger partial charge is 0.213 e. The van der Waals surface area contributed by atoms with E-state index in [1.807, 2.05) is 42.7 Å². The summed E-state index contributed by atoms with van der Waals surface area (Å²) in [7, 11) is 1.65. The molecule has 4 rings (SSSR count). The Labute approximate surface area is 173 Å². The van der Waals surface area contributed by atoms with Gasteiger partial charge in [0.25, 0.3) is 0 Å². The Morgan fingerprint density at radius 1 is 1.21 bits per heavy atom. The second-order valence-electron chi connectivity index (χ2n) is 6.42. The van der Waals surface area contributed by atoms with Gasteiger partial charge in [0, 0.05) is 43.0 Å². The molecule has 0 bridgehead atoms. The van der Waals surface area contributed by atoms with Crippen molar-refractivity contribution in [1.82, 2.24) is 19.7 Å². The second kappa shape index (κ2) is 9.02. The number of nitrogens with zero attached hydrogens (tertiary/aromatic N) is 6. The molecule has 0 spiro atoms. The molecule has 2 aromatic heterocycles. The number of hydrogen-bond donors (Lipinski definition) is 0. The Hall–Kier alpha value is -2.97. The van der Waals surface area contributed by atoms with Gasteiger partial charge < -0.3 is 18.9 Å². The summed E-state index contributed by atoms with van der Waals surface area (Å²) in [5, 5.41) is 9.29. The lowest BCUT2D eigenvalue weighted by atomic mass is 10.1. The van der Waals surface area contributed by atoms with E-state index in [1.165, 1.54) is 0 Å². The van der Waals surface area contributed by atoms with Gasteiger partial charge in [-0.15, -0.1) is 10.2 Å². The van der Waals surface area contributed by atoms with E-state index in [0.29, 0.717) is 37.2 Å². The Morgan fingerprint density at radius 2 is 2.14 bits per heavy atom. The number of fused-ring (bicyclic) bond motifs is 3. The van der Waals surface area contributed by atoms with Crippen LogP contribution in [0, 0.1) is 0 Å². The van der Waals surface area contributed by atoms with Gasteiger partial charge in [-0.05, 0) is 24.3 Å². The van der Waals surface area contributed by atoms with Crippen LogP contribution < -0.4 is 9.64 Å². The average Bonchev–Trinajstić information content (AvgIpc) is 3.07. The van der Waals surface area contributed by atoms with Crippen LogP contribution in [-0.4, -0.2) is 52.9 Å². The molecule has 0 amide bonds. The van der Waals surface area contributed by atoms with Gasteiger partial charge in [-0.25, -0.2) is 4.98 Å². The van der Waals surface area contributed by atoms with Crippen molar-refractivity contribution < 1.29 is 9.47 Å². The van der Waals surface area contributed by atoms with Crippen molar-refractivity contribution in [2.24, 2.45) is 4.99 Å². The fourth-order valence-electron chi connectivity index (χ4n) is 3.18. The predicted octanol–water partition coefficient (Wildman–Crippen LogP) is 3.07. The highest BCUT2D eigenvalue weighted by atomic mass is 35.5. The lowest BCUT2D eigenvalue weighted by Gasteiger charge is -2.19. The third-order valence-corrected chi connectivity index (χ3v) is 4.74. The standard InChI is InChI=1S/C20H21ClN6O2/c1-28-13-18-24-25-20-16-12-15(21)5-6-17(16)26(9-10-27(18)20)14-22-8-11-29-19-4-2-3-7-23-19/h2-7,12,14H,8-11,13H2,1H3. The molecular formula is C20H21ClN6O2. The summed E-state index contributed by atoms with van der Waals surface area (Å²) in [6.45, 7) is 2.82. The molecule has 0 aliphatic carbocycles. The van der Waals surface area contributed by atoms with Crippen molar-refractivity contribution in [3.63, 3.8) is 0 Å². The minimum absolute atomic E-state index is 0.405. The third kappa shape index (κ3) is 4.38. The van der Waals surface area contributed by atoms with Crippen LogP contribution in [0.3, 0.4) is 0 Å². The number of anilines is 1. The molecule has 150 valence electrons. The van der Waals surface area contributed by atoms with Crippen LogP contribution in [-0.2, 0) is 17.9 Å². The highest BCUT2D eigenvalue weighted by molar-refractivity contribution is 6.31. The molecule has 1 aromatic carbocycles. The fourth-order valence-corrected chi connectivity index (χ4v) is 3.36. The Balaban J connectivity index is 1.50. The van der Waals surface area contributed by atoms with E-state index in [4.69, 9.17) is 21.1 Å². The summed E-state index contributed by atoms with van der Waals surface area (Å²) in [5.74, 6) is 2.17. The number of rotatable bonds is 7. The van der Waals surface area contributed by atoms with Crippen LogP contribution in [0.5, 0.6) is 5.88 Å². The molecule has 1 aliphatic heterocycles. The summed E-state index contributed by atoms with van der Waals surface area (Å²) >= 11 is 6.26. The van der Waals surface area contributed by atoms with Crippen LogP contribution in [0.1, 0.15) is 5.82 Å². The molecule has 29 heavy (non-hydrogen) atoms. The van der Waals surface area contributed by atoms with Crippen LogP contribution in [0.4, 0.5) is 5.69 Å². The number of hydrogen-bond acceptors (Lipinski definition) is 6. The molecule has 1 aliphatic rings. The molecule has 0 atom stereocenters. The van der Waals surface area contributed by atoms with E-state index in [9.17, 15) is 0 Å². The van der Waals surface area contributed by atoms with Crippen molar-refractivity contribution in [1.29, 1.82) is 0 Å². The van der Waals surface area contributed by atoms with Crippen molar-refractivity contribution in [3.05, 3.63) is 53.4 Å². The zero-order valence-electron chi connectivity index (χ0n) is 16.0. The number of aliphatic imine (C=N–C) groups is 1. The zero-order valence-corrected chi connectivity index (χ0v) is 16.8. The molecule has 8 nitrogen and oxygen atoms in total. The first-order chi connectivity index (χ1) is 14.3. The van der Waals surface area contributed by atoms with Gasteiger partial charge in [0.15, 0.2) is 11.6 Å². The van der Waals surface area contributed by atoms with Crippen molar-refractivity contribution in [2.75, 3.05) is 31.7 Å². The summed E-state index contributed by atoms with van der Waals surface area (Å²) in [5.41, 5.74) is 1.90. The Bertz CT molecular complexity index is 992. The normalized spacial score (nSPS) is 13.2. The maximum atomic E-state index is 6.26. The van der Waals surface area contributed by atoms with E-state index in [0.717, 1.165) is 29.4 Å². The molecular weight excluding hydrogens is 392 g/mol. The third-order valence-electron chi connectivity index (χ3n) is 4.50. The van der Waals surface area contributed by atoms with Gasteiger partial charge in [0.1, 0.15) is 13.2 Å². The molecule has 0 N–H and O–H groups in total. The van der Waals surface area contributed by atoms with Crippen LogP contribution >= 0.6 is 11.6 Å². The Morgan fingerprint density at radius 3 is 2.97 bits per heavy atom. The number of benzene rings is 1. The van der Waals surface area contributed by atoms with Crippen LogP contribution in [0.2, 0.25) is 5.02 Å². The zero-order chi connectivity index (χ0) is 20.1. The summed E-state index contributed by atoms with van der Waals surface area (Å²) in [6.07, 6.45) is 3.54. The lowest BCUT2D eigenvalue weighted by molar-refractivity contribution is 0.174. The lowest BCUT2D eigenvalue weighted by Crippen LogP contribution is -2.25. The number of ether oxygens (including phenoxy) is 2. The van der Waals surface area contributed by atoms with Gasteiger partial charge in [-0.3, -0.25) is 4.99 Å². The first-order valence-corrected chi connectivity index (χ1v) is 9.65. The van der Waals surface area contributed by atoms with Crippen LogP contribution in [0.15, 0.2) is 47.6 Å². The molecule has 0 unspecified atom stereocenters. The van der Waals surface area contributed by atoms with Crippen molar-refractivity contribution in [3.8, 4) is 17.3 Å². The fraction of sp³-hybridized carbons (Fsp3) is 0.300. The van der Waals surface area contributed by atoms with Gasteiger partial charge in [0.2, 0.25) is 5.88 Å². The van der Waals surface area contributed by atoms with Crippen molar-refractivity contribution >= 4 is 23.6 Å². The quantitative estimate of drug-likeness (QED) is 0.337. The van der Waals surface area contributed by atoms with Gasteiger partial charge in [-0.2, -0.15) is 0 Å². The van der Waals surface area contributed by atoms with E-state index in [1.54, 1.807) is 13.3 Å². The molecule has 3 aromatic rings. The van der Waals surface area contributed by atoms with Crippen LogP contribution in [0.25, 0.3) is 11.4 Å². The predicted molar refractivity (Wildman–Crippen MR) is 112 cm³/mol. The van der Waals surface area contributed by atoms with Crippen molar-refractivity contribution in [2.45, 2.75) is 13.2 Å². The summed E-state index contributed by atoms with van der Waals surface area (Å²) in [6, 6.07) is 11.3. The number of aromatic nitrogens is 4. The van der Waals surface area contributed by atoms with E-state index >= 15 is 0 Å². The number of halogens is 1. The Kier molecular flexibility index (Phi) is 6.02. The highest BCUT2D eigenvalue weighted by Gasteiger charge is 2.23. The topological polar surface area (TPSA) is 77.7 Å². The second-order valence-corrected chi connectivity index (χ2v) is 6.85. The largest absolute Gasteiger partial charge is 0.476 e. The number of methoxy groups -OCH3 is 1. The summed E-state index contributed by atoms with van der Waals surface area (Å²) < 4.78 is 12.9. The monoisotopic (exact) mass is 412 g/mol. The first-order valence-electron chi connectivity index (χ1n) is 9.27. The maximum absolute atomic E-state index is 6.26. The number of pyridine rings is 1. The average molecular weight is 413 g/mol. The van der Waals surface area contributed by atoms with Gasteiger partial charge in [-0.1, -0.05) is 17.7 Å². The van der Waals surface area contributed by atoms with E-state index < -0.39 is 0 Å². The van der Waals surface area contributed by atoms with Gasteiger partial charge in [0.05, 0.1) is 18.6 Å². The maximum Gasteiger partial charge on any atom is 0.213 e. The first kappa shape index (κ1) is 19.4. The molecule has 3 heterocycles. The minimum atomic E-state index is 0.405. The highest BCUT2D eigenvalue weighted by Crippen LogP contribution is 2.34. The van der Waals surface area contributed by atoms with Gasteiger partial charge >= 0.3 is 0 Å². The SMILES string of the molecule is COCc1nnc2n1CCN(C=NCCOc1ccccn1)c1ccc(Cl)cc1-2. The van der Waals surface area contributed by atoms with E-state index in [-0.39, 0.29) is 0 Å². The molecule has 0 saturated heterocycles. The molecule has 0 saturated carbocycles. The summed E-state index contributed by atoms with van der Waals surface area (Å²) in [4.78, 5) is 10.8. The molecule has 0 fully saturated rings. The minimum Gasteiger partial charge on any atom is -0.476 e. The van der Waals surface area contributed by atoms with E-state index in [2.05, 4.69) is 29.6 Å². The molecule has 0 radical (unpaired) electrons.